The number of rotatable bonds is 4. The first-order valence-electron chi connectivity index (χ1n) is 18.4. The van der Waals surface area contributed by atoms with Crippen molar-refractivity contribution in [2.75, 3.05) is 20.3 Å². The van der Waals surface area contributed by atoms with Crippen LogP contribution in [0.4, 0.5) is 0 Å². The molecule has 0 bridgehead atoms. The first-order chi connectivity index (χ1) is 22.1. The van der Waals surface area contributed by atoms with Gasteiger partial charge in [0.15, 0.2) is 5.78 Å². The molecule has 6 rings (SSSR count). The van der Waals surface area contributed by atoms with E-state index >= 15 is 0 Å². The third-order valence-electron chi connectivity index (χ3n) is 11.0. The van der Waals surface area contributed by atoms with Crippen molar-refractivity contribution >= 4 is 5.78 Å². The quantitative estimate of drug-likeness (QED) is 0.191. The van der Waals surface area contributed by atoms with Crippen molar-refractivity contribution in [2.45, 2.75) is 131 Å². The van der Waals surface area contributed by atoms with Crippen LogP contribution in [0.15, 0.2) is 48.6 Å². The monoisotopic (exact) mass is 631 g/mol. The van der Waals surface area contributed by atoms with Gasteiger partial charge in [0, 0.05) is 36.1 Å². The molecule has 3 aliphatic carbocycles. The van der Waals surface area contributed by atoms with Gasteiger partial charge in [-0.15, -0.1) is 0 Å². The number of fused-ring (bicyclic) bond motifs is 1. The molecule has 1 aliphatic heterocycles. The molecule has 4 heteroatoms. The van der Waals surface area contributed by atoms with Crippen molar-refractivity contribution in [1.82, 2.24) is 4.98 Å². The minimum Gasteiger partial charge on any atom is -0.497 e. The lowest BCUT2D eigenvalue weighted by Gasteiger charge is -2.34. The highest BCUT2D eigenvalue weighted by atomic mass is 16.5. The molecular formula is C42H65NO3. The van der Waals surface area contributed by atoms with Gasteiger partial charge >= 0.3 is 0 Å². The van der Waals surface area contributed by atoms with Crippen LogP contribution in [0.1, 0.15) is 145 Å². The zero-order chi connectivity index (χ0) is 33.7. The predicted octanol–water partition coefficient (Wildman–Crippen LogP) is 11.4. The number of hydrogen-bond acceptors (Lipinski definition) is 4. The van der Waals surface area contributed by atoms with Gasteiger partial charge in [0.1, 0.15) is 5.75 Å². The van der Waals surface area contributed by atoms with E-state index in [4.69, 9.17) is 14.5 Å². The van der Waals surface area contributed by atoms with Gasteiger partial charge in [-0.2, -0.15) is 0 Å². The van der Waals surface area contributed by atoms with Crippen molar-refractivity contribution in [3.05, 3.63) is 71.1 Å². The molecule has 3 fully saturated rings. The number of pyridine rings is 1. The fourth-order valence-electron chi connectivity index (χ4n) is 7.87. The lowest BCUT2D eigenvalue weighted by Crippen LogP contribution is -2.26. The van der Waals surface area contributed by atoms with Crippen LogP contribution in [0, 0.1) is 36.0 Å². The summed E-state index contributed by atoms with van der Waals surface area (Å²) >= 11 is 0. The van der Waals surface area contributed by atoms with Crippen LogP contribution in [0.3, 0.4) is 0 Å². The van der Waals surface area contributed by atoms with Gasteiger partial charge in [0.25, 0.3) is 0 Å². The number of ketones is 1. The Morgan fingerprint density at radius 1 is 0.913 bits per heavy atom. The Morgan fingerprint density at radius 2 is 1.54 bits per heavy atom. The van der Waals surface area contributed by atoms with Crippen molar-refractivity contribution < 1.29 is 14.3 Å². The van der Waals surface area contributed by atoms with E-state index in [2.05, 4.69) is 46.4 Å². The van der Waals surface area contributed by atoms with Crippen LogP contribution in [-0.2, 0) is 11.2 Å². The number of nitrogens with zero attached hydrogens (tertiary/aromatic N) is 1. The first-order valence-corrected chi connectivity index (χ1v) is 18.4. The summed E-state index contributed by atoms with van der Waals surface area (Å²) in [6.07, 6.45) is 16.4. The molecule has 4 aliphatic rings. The third kappa shape index (κ3) is 11.1. The highest BCUT2D eigenvalue weighted by molar-refractivity contribution is 5.94. The number of aryl methyl sites for hydroxylation is 1. The van der Waals surface area contributed by atoms with Gasteiger partial charge < -0.3 is 9.47 Å². The van der Waals surface area contributed by atoms with Gasteiger partial charge in [0.2, 0.25) is 0 Å². The van der Waals surface area contributed by atoms with Crippen LogP contribution in [-0.4, -0.2) is 31.1 Å². The van der Waals surface area contributed by atoms with Crippen LogP contribution in [0.2, 0.25) is 0 Å². The average Bonchev–Trinajstić information content (AvgIpc) is 3.59. The number of aromatic nitrogens is 1. The Hall–Kier alpha value is -2.46. The van der Waals surface area contributed by atoms with Crippen molar-refractivity contribution in [2.24, 2.45) is 29.1 Å². The van der Waals surface area contributed by atoms with E-state index in [1.807, 2.05) is 19.9 Å². The molecule has 4 nitrogen and oxygen atoms in total. The molecule has 1 aromatic heterocycles. The second kappa shape index (κ2) is 18.8. The minimum absolute atomic E-state index is 0.0592. The lowest BCUT2D eigenvalue weighted by molar-refractivity contribution is 0.0361. The van der Waals surface area contributed by atoms with Crippen molar-refractivity contribution in [1.29, 1.82) is 0 Å². The van der Waals surface area contributed by atoms with E-state index in [9.17, 15) is 4.79 Å². The van der Waals surface area contributed by atoms with Crippen molar-refractivity contribution in [3.63, 3.8) is 0 Å². The van der Waals surface area contributed by atoms with E-state index in [0.717, 1.165) is 54.7 Å². The number of carbonyl (C=O) groups excluding carboxylic acids is 1. The number of methoxy groups -OCH3 is 1. The van der Waals surface area contributed by atoms with E-state index in [0.29, 0.717) is 11.5 Å². The largest absolute Gasteiger partial charge is 0.497 e. The van der Waals surface area contributed by atoms with E-state index in [1.54, 1.807) is 25.3 Å². The van der Waals surface area contributed by atoms with Crippen LogP contribution < -0.4 is 4.74 Å². The molecular weight excluding hydrogens is 566 g/mol. The normalized spacial score (nSPS) is 24.4. The highest BCUT2D eigenvalue weighted by Gasteiger charge is 2.37. The molecule has 256 valence electrons. The molecule has 0 radical (unpaired) electrons. The molecule has 0 spiro atoms. The predicted molar refractivity (Wildman–Crippen MR) is 194 cm³/mol. The summed E-state index contributed by atoms with van der Waals surface area (Å²) in [6.45, 7) is 21.2. The molecule has 46 heavy (non-hydrogen) atoms. The fourth-order valence-corrected chi connectivity index (χ4v) is 7.87. The molecule has 1 unspecified atom stereocenters. The maximum Gasteiger partial charge on any atom is 0.159 e. The zero-order valence-corrected chi connectivity index (χ0v) is 30.6. The summed E-state index contributed by atoms with van der Waals surface area (Å²) in [6, 6.07) is 11.6. The molecule has 1 atom stereocenters. The summed E-state index contributed by atoms with van der Waals surface area (Å²) in [5, 5.41) is 0. The average molecular weight is 632 g/mol. The number of benzene rings is 1. The summed E-state index contributed by atoms with van der Waals surface area (Å²) in [5.74, 6) is 5.30. The lowest BCUT2D eigenvalue weighted by atomic mass is 9.74. The number of ether oxygens (including phenoxy) is 2. The highest BCUT2D eigenvalue weighted by Crippen LogP contribution is 2.49. The fraction of sp³-hybridized carbons (Fsp3) is 0.667. The smallest absolute Gasteiger partial charge is 0.159 e. The summed E-state index contributed by atoms with van der Waals surface area (Å²) < 4.78 is 10.4. The molecule has 1 aromatic carbocycles. The SMILES string of the molecule is C=C1Cc2ccc(C)nc2C(C2CCCC2)CC1(C)C.CC.CC1CCC(C2CCOCC2)CC1.COc1cccc(C(C)=O)c1. The van der Waals surface area contributed by atoms with Gasteiger partial charge in [-0.05, 0) is 118 Å². The Kier molecular flexibility index (Phi) is 15.5. The van der Waals surface area contributed by atoms with Crippen molar-refractivity contribution in [3.8, 4) is 5.75 Å². The Labute approximate surface area is 282 Å². The van der Waals surface area contributed by atoms with Crippen LogP contribution in [0.25, 0.3) is 0 Å². The second-order valence-electron chi connectivity index (χ2n) is 14.8. The summed E-state index contributed by atoms with van der Waals surface area (Å²) in [5.41, 5.74) is 6.29. The third-order valence-corrected chi connectivity index (χ3v) is 11.0. The zero-order valence-electron chi connectivity index (χ0n) is 30.6. The van der Waals surface area contributed by atoms with E-state index in [1.165, 1.54) is 94.4 Å². The number of Topliss-reactive ketones (excluding diaryl/α,β-unsaturated/α-hetero) is 1. The second-order valence-corrected chi connectivity index (χ2v) is 14.8. The maximum absolute atomic E-state index is 10.9. The van der Waals surface area contributed by atoms with E-state index < -0.39 is 0 Å². The first kappa shape index (κ1) is 38.0. The number of hydrogen-bond donors (Lipinski definition) is 0. The molecule has 0 amide bonds. The Balaban J connectivity index is 0.000000193. The van der Waals surface area contributed by atoms with Gasteiger partial charge in [-0.25, -0.2) is 0 Å². The standard InChI is InChI=1S/C19H27N.C12H22O.C9H10O2.C2H6/c1-13-11-16-10-9-14(2)20-18(16)17(12-19(13,3)4)15-7-5-6-8-15;1-10-2-4-11(5-3-10)12-6-8-13-9-7-12;1-7(10)8-4-3-5-9(6-8)11-2;1-2/h9-10,15,17H,1,5-8,11-12H2,2-4H3;10-12H,2-9H2,1H3;3-6H,1-2H3;1-2H3. The number of carbonyl (C=O) groups is 1. The van der Waals surface area contributed by atoms with Gasteiger partial charge in [0.05, 0.1) is 7.11 Å². The van der Waals surface area contributed by atoms with Gasteiger partial charge in [-0.3, -0.25) is 9.78 Å². The van der Waals surface area contributed by atoms with Crippen LogP contribution in [0.5, 0.6) is 5.75 Å². The molecule has 2 heterocycles. The Morgan fingerprint density at radius 3 is 2.15 bits per heavy atom. The van der Waals surface area contributed by atoms with Gasteiger partial charge in [-0.1, -0.05) is 90.7 Å². The van der Waals surface area contributed by atoms with Crippen LogP contribution >= 0.6 is 0 Å². The summed E-state index contributed by atoms with van der Waals surface area (Å²) in [7, 11) is 1.58. The molecule has 2 aromatic rings. The molecule has 2 saturated carbocycles. The molecule has 1 saturated heterocycles. The maximum atomic E-state index is 10.9. The molecule has 0 N–H and O–H groups in total. The summed E-state index contributed by atoms with van der Waals surface area (Å²) in [4.78, 5) is 15.8. The minimum atomic E-state index is 0.0592. The number of allylic oxidation sites excluding steroid dienone is 1. The van der Waals surface area contributed by atoms with E-state index in [-0.39, 0.29) is 11.2 Å². The topological polar surface area (TPSA) is 48.4 Å². The Bertz CT molecular complexity index is 1210.